The summed E-state index contributed by atoms with van der Waals surface area (Å²) >= 11 is 0. The number of nitrogens with two attached hydrogens (primary N) is 1. The molecule has 0 atom stereocenters. The van der Waals surface area contributed by atoms with Crippen molar-refractivity contribution >= 4 is 11.6 Å². The Balaban J connectivity index is 2.16. The number of amides is 1. The molecule has 0 spiro atoms. The first-order valence-electron chi connectivity index (χ1n) is 6.24. The van der Waals surface area contributed by atoms with Gasteiger partial charge in [0.2, 0.25) is 0 Å². The monoisotopic (exact) mass is 263 g/mol. The lowest BCUT2D eigenvalue weighted by molar-refractivity contribution is -0.385. The van der Waals surface area contributed by atoms with Gasteiger partial charge in [-0.05, 0) is 31.7 Å². The SMILES string of the molecule is Cc1cccc([N+](=O)[O-])c1C(=O)NCC1(N)CCC1. The van der Waals surface area contributed by atoms with E-state index in [9.17, 15) is 14.9 Å². The molecular weight excluding hydrogens is 246 g/mol. The van der Waals surface area contributed by atoms with Gasteiger partial charge in [0.25, 0.3) is 11.6 Å². The van der Waals surface area contributed by atoms with Crippen LogP contribution in [-0.2, 0) is 0 Å². The molecule has 3 N–H and O–H groups in total. The van der Waals surface area contributed by atoms with Gasteiger partial charge in [-0.1, -0.05) is 12.1 Å². The molecule has 0 aromatic heterocycles. The third-order valence-corrected chi connectivity index (χ3v) is 3.62. The van der Waals surface area contributed by atoms with Crippen LogP contribution in [0.2, 0.25) is 0 Å². The molecule has 1 aromatic rings. The normalized spacial score (nSPS) is 16.5. The van der Waals surface area contributed by atoms with Crippen molar-refractivity contribution in [2.75, 3.05) is 6.54 Å². The minimum Gasteiger partial charge on any atom is -0.350 e. The second-order valence-corrected chi connectivity index (χ2v) is 5.12. The van der Waals surface area contributed by atoms with Gasteiger partial charge in [-0.2, -0.15) is 0 Å². The summed E-state index contributed by atoms with van der Waals surface area (Å²) in [5, 5.41) is 13.7. The van der Waals surface area contributed by atoms with E-state index in [0.29, 0.717) is 12.1 Å². The number of rotatable bonds is 4. The van der Waals surface area contributed by atoms with Gasteiger partial charge >= 0.3 is 0 Å². The van der Waals surface area contributed by atoms with Crippen LogP contribution >= 0.6 is 0 Å². The van der Waals surface area contributed by atoms with Crippen molar-refractivity contribution < 1.29 is 9.72 Å². The van der Waals surface area contributed by atoms with Gasteiger partial charge in [-0.15, -0.1) is 0 Å². The van der Waals surface area contributed by atoms with Crippen LogP contribution in [0.1, 0.15) is 35.2 Å². The predicted molar refractivity (Wildman–Crippen MR) is 70.9 cm³/mol. The van der Waals surface area contributed by atoms with E-state index in [-0.39, 0.29) is 16.8 Å². The molecule has 1 aliphatic rings. The lowest BCUT2D eigenvalue weighted by Crippen LogP contribution is -2.55. The van der Waals surface area contributed by atoms with E-state index in [1.165, 1.54) is 6.07 Å². The second-order valence-electron chi connectivity index (χ2n) is 5.12. The number of benzene rings is 1. The number of hydrogen-bond donors (Lipinski definition) is 2. The summed E-state index contributed by atoms with van der Waals surface area (Å²) in [6.07, 6.45) is 2.82. The van der Waals surface area contributed by atoms with Crippen molar-refractivity contribution in [1.82, 2.24) is 5.32 Å². The third kappa shape index (κ3) is 2.73. The van der Waals surface area contributed by atoms with Crippen LogP contribution in [0.5, 0.6) is 0 Å². The van der Waals surface area contributed by atoms with E-state index in [1.54, 1.807) is 19.1 Å². The molecule has 0 saturated heterocycles. The molecule has 2 rings (SSSR count). The Labute approximate surface area is 111 Å². The minimum atomic E-state index is -0.538. The first kappa shape index (κ1) is 13.5. The van der Waals surface area contributed by atoms with E-state index >= 15 is 0 Å². The van der Waals surface area contributed by atoms with Gasteiger partial charge in [0.05, 0.1) is 4.92 Å². The molecule has 0 bridgehead atoms. The Morgan fingerprint density at radius 3 is 2.74 bits per heavy atom. The zero-order valence-corrected chi connectivity index (χ0v) is 10.8. The molecule has 6 nitrogen and oxygen atoms in total. The Morgan fingerprint density at radius 1 is 1.53 bits per heavy atom. The van der Waals surface area contributed by atoms with E-state index in [4.69, 9.17) is 5.73 Å². The summed E-state index contributed by atoms with van der Waals surface area (Å²) in [5.41, 5.74) is 6.22. The summed E-state index contributed by atoms with van der Waals surface area (Å²) in [7, 11) is 0. The quantitative estimate of drug-likeness (QED) is 0.635. The first-order valence-corrected chi connectivity index (χ1v) is 6.24. The van der Waals surface area contributed by atoms with Crippen LogP contribution in [0, 0.1) is 17.0 Å². The van der Waals surface area contributed by atoms with Gasteiger partial charge in [0.15, 0.2) is 0 Å². The molecule has 19 heavy (non-hydrogen) atoms. The van der Waals surface area contributed by atoms with Crippen molar-refractivity contribution in [2.45, 2.75) is 31.7 Å². The number of nitrogens with zero attached hydrogens (tertiary/aromatic N) is 1. The highest BCUT2D eigenvalue weighted by molar-refractivity contribution is 5.99. The second kappa shape index (κ2) is 4.97. The van der Waals surface area contributed by atoms with Crippen molar-refractivity contribution in [3.63, 3.8) is 0 Å². The topological polar surface area (TPSA) is 98.3 Å². The largest absolute Gasteiger partial charge is 0.350 e. The van der Waals surface area contributed by atoms with E-state index in [2.05, 4.69) is 5.32 Å². The van der Waals surface area contributed by atoms with Crippen molar-refractivity contribution in [3.8, 4) is 0 Å². The van der Waals surface area contributed by atoms with Crippen LogP contribution in [0.25, 0.3) is 0 Å². The Morgan fingerprint density at radius 2 is 2.21 bits per heavy atom. The summed E-state index contributed by atoms with van der Waals surface area (Å²) in [5.74, 6) is -0.429. The molecule has 0 unspecified atom stereocenters. The maximum atomic E-state index is 12.1. The fourth-order valence-electron chi connectivity index (χ4n) is 2.25. The lowest BCUT2D eigenvalue weighted by atomic mass is 9.78. The lowest BCUT2D eigenvalue weighted by Gasteiger charge is -2.38. The van der Waals surface area contributed by atoms with Crippen LogP contribution in [-0.4, -0.2) is 22.9 Å². The summed E-state index contributed by atoms with van der Waals surface area (Å²) in [6.45, 7) is 2.04. The Kier molecular flexibility index (Phi) is 3.53. The number of nitrogens with one attached hydrogen (secondary N) is 1. The number of aryl methyl sites for hydroxylation is 1. The summed E-state index contributed by atoms with van der Waals surface area (Å²) in [4.78, 5) is 22.5. The van der Waals surface area contributed by atoms with Crippen molar-refractivity contribution in [2.24, 2.45) is 5.73 Å². The Bertz CT molecular complexity index is 524. The fraction of sp³-hybridized carbons (Fsp3) is 0.462. The number of hydrogen-bond acceptors (Lipinski definition) is 4. The summed E-state index contributed by atoms with van der Waals surface area (Å²) < 4.78 is 0. The molecule has 6 heteroatoms. The maximum Gasteiger partial charge on any atom is 0.282 e. The van der Waals surface area contributed by atoms with E-state index in [1.807, 2.05) is 0 Å². The predicted octanol–water partition coefficient (Wildman–Crippen LogP) is 1.51. The molecule has 1 fully saturated rings. The fourth-order valence-corrected chi connectivity index (χ4v) is 2.25. The number of carbonyl (C=O) groups is 1. The molecule has 102 valence electrons. The molecule has 0 radical (unpaired) electrons. The Hall–Kier alpha value is -1.95. The number of nitro groups is 1. The highest BCUT2D eigenvalue weighted by Gasteiger charge is 2.33. The van der Waals surface area contributed by atoms with Crippen molar-refractivity contribution in [1.29, 1.82) is 0 Å². The van der Waals surface area contributed by atoms with Crippen LogP contribution in [0.3, 0.4) is 0 Å². The smallest absolute Gasteiger partial charge is 0.282 e. The molecule has 1 aromatic carbocycles. The molecular formula is C13H17N3O3. The van der Waals surface area contributed by atoms with Gasteiger partial charge in [0.1, 0.15) is 5.56 Å². The van der Waals surface area contributed by atoms with Gasteiger partial charge in [-0.25, -0.2) is 0 Å². The minimum absolute atomic E-state index is 0.121. The number of nitro benzene ring substituents is 1. The van der Waals surface area contributed by atoms with Gasteiger partial charge in [0, 0.05) is 18.2 Å². The zero-order valence-electron chi connectivity index (χ0n) is 10.8. The van der Waals surface area contributed by atoms with Crippen molar-refractivity contribution in [3.05, 3.63) is 39.4 Å². The highest BCUT2D eigenvalue weighted by atomic mass is 16.6. The van der Waals surface area contributed by atoms with E-state index in [0.717, 1.165) is 19.3 Å². The van der Waals surface area contributed by atoms with Gasteiger partial charge < -0.3 is 11.1 Å². The van der Waals surface area contributed by atoms with Crippen LogP contribution in [0.4, 0.5) is 5.69 Å². The first-order chi connectivity index (χ1) is 8.93. The highest BCUT2D eigenvalue weighted by Crippen LogP contribution is 2.28. The summed E-state index contributed by atoms with van der Waals surface area (Å²) in [6, 6.07) is 4.59. The molecule has 1 amide bonds. The molecule has 0 aliphatic heterocycles. The maximum absolute atomic E-state index is 12.1. The molecule has 1 aliphatic carbocycles. The zero-order chi connectivity index (χ0) is 14.0. The van der Waals surface area contributed by atoms with E-state index < -0.39 is 10.8 Å². The molecule has 0 heterocycles. The van der Waals surface area contributed by atoms with Gasteiger partial charge in [-0.3, -0.25) is 14.9 Å². The number of carbonyl (C=O) groups excluding carboxylic acids is 1. The van der Waals surface area contributed by atoms with Crippen LogP contribution < -0.4 is 11.1 Å². The van der Waals surface area contributed by atoms with Crippen LogP contribution in [0.15, 0.2) is 18.2 Å². The average Bonchev–Trinajstić information content (AvgIpc) is 2.33. The average molecular weight is 263 g/mol. The third-order valence-electron chi connectivity index (χ3n) is 3.62. The molecule has 1 saturated carbocycles. The standard InChI is InChI=1S/C13H17N3O3/c1-9-4-2-5-10(16(18)19)11(9)12(17)15-8-13(14)6-3-7-13/h2,4-5H,3,6-8,14H2,1H3,(H,15,17).